The number of pyridine rings is 1. The molecule has 384 valence electrons. The van der Waals surface area contributed by atoms with Gasteiger partial charge in [-0.25, -0.2) is 0 Å². The molecule has 0 aliphatic carbocycles. The maximum Gasteiger partial charge on any atom is 0.306 e. The van der Waals surface area contributed by atoms with Crippen LogP contribution in [0.5, 0.6) is 23.0 Å². The minimum Gasteiger partial charge on any atom is -0.756 e. The summed E-state index contributed by atoms with van der Waals surface area (Å²) in [4.78, 5) is 44.4. The van der Waals surface area contributed by atoms with Crippen molar-refractivity contribution < 1.29 is 61.5 Å². The fourth-order valence-corrected chi connectivity index (χ4v) is 9.64. The molecule has 1 aromatic heterocycles. The number of phosphoric acid groups is 1. The van der Waals surface area contributed by atoms with Crippen LogP contribution >= 0.6 is 7.82 Å². The summed E-state index contributed by atoms with van der Waals surface area (Å²) in [6.07, 6.45) is 33.0. The van der Waals surface area contributed by atoms with Crippen LogP contribution in [0, 0.1) is 0 Å². The van der Waals surface area contributed by atoms with E-state index in [1.165, 1.54) is 127 Å². The van der Waals surface area contributed by atoms with Crippen molar-refractivity contribution in [1.82, 2.24) is 0 Å². The first-order valence-electron chi connectivity index (χ1n) is 26.5. The van der Waals surface area contributed by atoms with Gasteiger partial charge in [0.1, 0.15) is 13.7 Å². The third-order valence-electron chi connectivity index (χ3n) is 13.1. The van der Waals surface area contributed by atoms with Gasteiger partial charge < -0.3 is 42.7 Å². The number of rotatable bonds is 34. The minimum atomic E-state index is -4.99. The number of esters is 2. The van der Waals surface area contributed by atoms with Gasteiger partial charge in [0.25, 0.3) is 7.82 Å². The zero-order valence-corrected chi connectivity index (χ0v) is 43.0. The Hall–Kier alpha value is -4.16. The highest BCUT2D eigenvalue weighted by molar-refractivity contribution is 7.44. The second-order valence-corrected chi connectivity index (χ2v) is 20.1. The summed E-state index contributed by atoms with van der Waals surface area (Å²) in [6.45, 7) is 4.14. The number of unbranched alkanes of at least 4 members (excludes halogenated alkanes) is 24. The van der Waals surface area contributed by atoms with Gasteiger partial charge in [0.2, 0.25) is 19.1 Å². The molecular formula is C55H82NO12P. The first-order chi connectivity index (χ1) is 33.6. The Labute approximate surface area is 411 Å². The summed E-state index contributed by atoms with van der Waals surface area (Å²) in [5.41, 5.74) is 1.15. The van der Waals surface area contributed by atoms with Gasteiger partial charge in [0.15, 0.2) is 35.3 Å². The lowest BCUT2D eigenvalue weighted by Crippen LogP contribution is -2.30. The van der Waals surface area contributed by atoms with E-state index in [0.717, 1.165) is 88.6 Å². The third kappa shape index (κ3) is 19.9. The minimum absolute atomic E-state index is 0.204. The number of hydrogen-bond donors (Lipinski definition) is 1. The van der Waals surface area contributed by atoms with Crippen LogP contribution in [-0.2, 0) is 35.2 Å². The lowest BCUT2D eigenvalue weighted by Gasteiger charge is -2.21. The van der Waals surface area contributed by atoms with E-state index in [9.17, 15) is 19.0 Å². The molecule has 0 spiro atoms. The van der Waals surface area contributed by atoms with Crippen LogP contribution in [0.1, 0.15) is 194 Å². The van der Waals surface area contributed by atoms with Crippen LogP contribution in [0.15, 0.2) is 42.6 Å². The van der Waals surface area contributed by atoms with Gasteiger partial charge in [0, 0.05) is 18.2 Å². The topological polar surface area (TPSA) is 163 Å². The molecule has 0 bridgehead atoms. The molecule has 1 N–H and O–H groups in total. The summed E-state index contributed by atoms with van der Waals surface area (Å²) < 4.78 is 50.4. The highest BCUT2D eigenvalue weighted by Crippen LogP contribution is 2.43. The quantitative estimate of drug-likeness (QED) is 0.0155. The first kappa shape index (κ1) is 55.8. The summed E-state index contributed by atoms with van der Waals surface area (Å²) in [6, 6.07) is 12.5. The van der Waals surface area contributed by atoms with Gasteiger partial charge in [-0.15, -0.1) is 0 Å². The molecule has 2 atom stereocenters. The average molecular weight is 980 g/mol. The van der Waals surface area contributed by atoms with Gasteiger partial charge in [-0.1, -0.05) is 174 Å². The van der Waals surface area contributed by atoms with E-state index in [2.05, 4.69) is 60.4 Å². The summed E-state index contributed by atoms with van der Waals surface area (Å²) >= 11 is 0. The van der Waals surface area contributed by atoms with Gasteiger partial charge in [-0.2, -0.15) is 4.57 Å². The van der Waals surface area contributed by atoms with Crippen LogP contribution < -0.4 is 28.4 Å². The Morgan fingerprint density at radius 2 is 1.07 bits per heavy atom. The Balaban J connectivity index is 0.000000292. The molecule has 0 amide bonds. The first-order valence-corrected chi connectivity index (χ1v) is 28.0. The van der Waals surface area contributed by atoms with E-state index in [1.807, 2.05) is 12.1 Å². The van der Waals surface area contributed by atoms with Gasteiger partial charge in [0.05, 0.1) is 22.8 Å². The molecule has 4 aromatic rings. The van der Waals surface area contributed by atoms with Crippen molar-refractivity contribution in [3.05, 3.63) is 42.6 Å². The number of aryl methyl sites for hydroxylation is 1. The molecule has 2 aliphatic heterocycles. The monoisotopic (exact) mass is 980 g/mol. The van der Waals surface area contributed by atoms with Crippen molar-refractivity contribution in [2.24, 2.45) is 7.05 Å². The standard InChI is InChI=1S/C35H69O8P.C20H14NO4/c1-3-5-7-9-11-13-15-17-19-21-23-25-27-29-34(36)41-31-33(32-42-44(38,39)40)43-35(37)30-28-26-24-22-20-18-16-14-12-10-8-6-4-2;1-21-8-15-12(4-5-16-20(15)25-10-22-16)13-3-2-11-6-17-18(24-9-23-17)7-14(11)19(13)21/h33H,3-32H2,1-2H3,(H2,38,39,40);2-8H,9-10H2,1H3/q;+1/p-1. The molecule has 0 saturated carbocycles. The highest BCUT2D eigenvalue weighted by atomic mass is 31.2. The van der Waals surface area contributed by atoms with Crippen molar-refractivity contribution in [3.8, 4) is 23.0 Å². The molecule has 14 heteroatoms. The fourth-order valence-electron chi connectivity index (χ4n) is 9.28. The molecule has 0 radical (unpaired) electrons. The predicted molar refractivity (Wildman–Crippen MR) is 270 cm³/mol. The van der Waals surface area contributed by atoms with Crippen molar-refractivity contribution in [2.75, 3.05) is 26.8 Å². The Bertz CT molecular complexity index is 2210. The lowest BCUT2D eigenvalue weighted by atomic mass is 10.00. The van der Waals surface area contributed by atoms with E-state index in [0.29, 0.717) is 6.42 Å². The van der Waals surface area contributed by atoms with Crippen molar-refractivity contribution in [2.45, 2.75) is 200 Å². The lowest BCUT2D eigenvalue weighted by molar-refractivity contribution is -0.642. The molecule has 3 aromatic carbocycles. The molecule has 2 unspecified atom stereocenters. The number of fused-ring (bicyclic) bond motifs is 8. The average Bonchev–Trinajstić information content (AvgIpc) is 4.02. The van der Waals surface area contributed by atoms with Crippen LogP contribution in [0.2, 0.25) is 0 Å². The number of aromatic nitrogens is 1. The molecular weight excluding hydrogens is 898 g/mol. The Kier molecular flexibility index (Phi) is 25.2. The van der Waals surface area contributed by atoms with Gasteiger partial charge in [-0.05, 0) is 48.6 Å². The highest BCUT2D eigenvalue weighted by Gasteiger charge is 2.25. The SMILES string of the molecule is CCCCCCCCCCCCCCCC(=O)OCC(COP(=O)([O-])O)OC(=O)CCCCCCCCCCCCCCC.C[n+]1cc2c3c(ccc2c2ccc4cc5c(cc4c21)OCO5)OCO3. The van der Waals surface area contributed by atoms with Crippen LogP contribution in [-0.4, -0.2) is 49.7 Å². The van der Waals surface area contributed by atoms with Crippen molar-refractivity contribution in [1.29, 1.82) is 0 Å². The zero-order chi connectivity index (χ0) is 49.1. The molecule has 6 rings (SSSR count). The molecule has 13 nitrogen and oxygen atoms in total. The number of ether oxygens (including phenoxy) is 6. The normalized spacial score (nSPS) is 13.9. The zero-order valence-electron chi connectivity index (χ0n) is 42.1. The van der Waals surface area contributed by atoms with Gasteiger partial charge in [-0.3, -0.25) is 14.2 Å². The van der Waals surface area contributed by atoms with Crippen LogP contribution in [0.4, 0.5) is 0 Å². The number of carbonyl (C=O) groups is 2. The summed E-state index contributed by atoms with van der Waals surface area (Å²) in [7, 11) is -2.93. The predicted octanol–water partition coefficient (Wildman–Crippen LogP) is 13.3. The largest absolute Gasteiger partial charge is 0.756 e. The van der Waals surface area contributed by atoms with Crippen LogP contribution in [0.25, 0.3) is 32.4 Å². The molecule has 3 heterocycles. The maximum atomic E-state index is 12.3. The number of nitrogens with zero attached hydrogens (tertiary/aromatic N) is 1. The third-order valence-corrected chi connectivity index (χ3v) is 13.6. The smallest absolute Gasteiger partial charge is 0.306 e. The Morgan fingerprint density at radius 3 is 1.62 bits per heavy atom. The number of phosphoric ester groups is 1. The number of hydrogen-bond acceptors (Lipinski definition) is 11. The van der Waals surface area contributed by atoms with E-state index in [1.54, 1.807) is 0 Å². The maximum absolute atomic E-state index is 12.3. The number of carbonyl (C=O) groups excluding carboxylic acids is 2. The molecule has 0 saturated heterocycles. The molecule has 69 heavy (non-hydrogen) atoms. The number of benzene rings is 3. The molecule has 0 fully saturated rings. The second-order valence-electron chi connectivity index (χ2n) is 18.9. The van der Waals surface area contributed by atoms with Crippen molar-refractivity contribution in [3.63, 3.8) is 0 Å². The van der Waals surface area contributed by atoms with Crippen molar-refractivity contribution >= 4 is 52.2 Å². The second kappa shape index (κ2) is 31.2. The summed E-state index contributed by atoms with van der Waals surface area (Å²) in [5.74, 6) is 2.31. The summed E-state index contributed by atoms with van der Waals surface area (Å²) in [5, 5.41) is 5.66. The van der Waals surface area contributed by atoms with E-state index in [-0.39, 0.29) is 33.0 Å². The van der Waals surface area contributed by atoms with Gasteiger partial charge >= 0.3 is 11.9 Å². The van der Waals surface area contributed by atoms with Crippen LogP contribution in [0.3, 0.4) is 0 Å². The molecule has 2 aliphatic rings. The van der Waals surface area contributed by atoms with E-state index < -0.39 is 32.5 Å². The fraction of sp³-hybridized carbons (Fsp3) is 0.655. The van der Waals surface area contributed by atoms with E-state index >= 15 is 0 Å². The Morgan fingerprint density at radius 1 is 0.594 bits per heavy atom. The van der Waals surface area contributed by atoms with E-state index in [4.69, 9.17) is 33.3 Å².